The third kappa shape index (κ3) is 5.70. The van der Waals surface area contributed by atoms with Gasteiger partial charge in [-0.15, -0.1) is 0 Å². The summed E-state index contributed by atoms with van der Waals surface area (Å²) in [6.45, 7) is 1.61. The molecular formula is C16H11Cl3FN3O2. The van der Waals surface area contributed by atoms with Crippen molar-refractivity contribution in [2.75, 3.05) is 5.43 Å². The SMILES string of the molecule is CC(/C=N/OC(=O)c1ccc(F)cc1)=N\Nc1c(Cl)cc(Cl)cc1Cl. The second kappa shape index (κ2) is 8.80. The molecule has 2 aromatic rings. The van der Waals surface area contributed by atoms with Crippen LogP contribution in [0.25, 0.3) is 0 Å². The number of halogens is 4. The minimum atomic E-state index is -0.721. The first kappa shape index (κ1) is 19.2. The summed E-state index contributed by atoms with van der Waals surface area (Å²) in [7, 11) is 0. The van der Waals surface area contributed by atoms with E-state index in [1.165, 1.54) is 30.5 Å². The molecule has 0 atom stereocenters. The van der Waals surface area contributed by atoms with Gasteiger partial charge in [0.15, 0.2) is 0 Å². The van der Waals surface area contributed by atoms with Crippen molar-refractivity contribution in [1.29, 1.82) is 0 Å². The quantitative estimate of drug-likeness (QED) is 0.413. The zero-order valence-corrected chi connectivity index (χ0v) is 15.0. The smallest absolute Gasteiger partial charge is 0.313 e. The van der Waals surface area contributed by atoms with E-state index in [4.69, 9.17) is 34.8 Å². The van der Waals surface area contributed by atoms with E-state index in [9.17, 15) is 9.18 Å². The topological polar surface area (TPSA) is 63.0 Å². The van der Waals surface area contributed by atoms with E-state index in [1.54, 1.807) is 6.92 Å². The zero-order chi connectivity index (χ0) is 18.4. The Bertz CT molecular complexity index is 816. The van der Waals surface area contributed by atoms with E-state index in [0.717, 1.165) is 12.1 Å². The van der Waals surface area contributed by atoms with Crippen molar-refractivity contribution in [3.63, 3.8) is 0 Å². The molecule has 0 aliphatic carbocycles. The van der Waals surface area contributed by atoms with Crippen LogP contribution in [0.2, 0.25) is 15.1 Å². The van der Waals surface area contributed by atoms with Crippen LogP contribution in [0.3, 0.4) is 0 Å². The molecule has 5 nitrogen and oxygen atoms in total. The van der Waals surface area contributed by atoms with Crippen molar-refractivity contribution in [3.8, 4) is 0 Å². The minimum absolute atomic E-state index is 0.172. The van der Waals surface area contributed by atoms with Gasteiger partial charge < -0.3 is 4.84 Å². The highest BCUT2D eigenvalue weighted by atomic mass is 35.5. The summed E-state index contributed by atoms with van der Waals surface area (Å²) in [5, 5.41) is 8.50. The van der Waals surface area contributed by atoms with Crippen LogP contribution in [-0.4, -0.2) is 17.9 Å². The number of oxime groups is 1. The number of carbonyl (C=O) groups excluding carboxylic acids is 1. The molecule has 9 heteroatoms. The molecule has 0 radical (unpaired) electrons. The Labute approximate surface area is 158 Å². The maximum absolute atomic E-state index is 12.8. The van der Waals surface area contributed by atoms with Crippen molar-refractivity contribution < 1.29 is 14.0 Å². The van der Waals surface area contributed by atoms with Crippen molar-refractivity contribution in [1.82, 2.24) is 0 Å². The molecule has 0 bridgehead atoms. The Balaban J connectivity index is 1.96. The molecule has 0 heterocycles. The molecule has 0 fully saturated rings. The molecule has 0 aliphatic rings. The molecule has 0 aromatic heterocycles. The summed E-state index contributed by atoms with van der Waals surface area (Å²) in [6, 6.07) is 7.91. The number of hydrogen-bond donors (Lipinski definition) is 1. The summed E-state index contributed by atoms with van der Waals surface area (Å²) < 4.78 is 12.8. The summed E-state index contributed by atoms with van der Waals surface area (Å²) in [5.74, 6) is -1.17. The summed E-state index contributed by atoms with van der Waals surface area (Å²) in [4.78, 5) is 16.4. The molecule has 0 aliphatic heterocycles. The van der Waals surface area contributed by atoms with E-state index >= 15 is 0 Å². The van der Waals surface area contributed by atoms with E-state index < -0.39 is 11.8 Å². The molecule has 0 amide bonds. The van der Waals surface area contributed by atoms with Crippen molar-refractivity contribution in [2.45, 2.75) is 6.92 Å². The maximum atomic E-state index is 12.8. The highest BCUT2D eigenvalue weighted by Crippen LogP contribution is 2.33. The number of hydrogen-bond acceptors (Lipinski definition) is 5. The van der Waals surface area contributed by atoms with Crippen LogP contribution in [0.5, 0.6) is 0 Å². The monoisotopic (exact) mass is 401 g/mol. The average Bonchev–Trinajstić information content (AvgIpc) is 2.54. The number of nitrogens with zero attached hydrogens (tertiary/aromatic N) is 2. The van der Waals surface area contributed by atoms with Crippen LogP contribution in [0.15, 0.2) is 46.7 Å². The highest BCUT2D eigenvalue weighted by Gasteiger charge is 2.08. The van der Waals surface area contributed by atoms with Crippen molar-refractivity contribution >= 4 is 58.4 Å². The van der Waals surface area contributed by atoms with Gasteiger partial charge in [-0.3, -0.25) is 5.43 Å². The number of nitrogens with one attached hydrogen (secondary N) is 1. The molecule has 25 heavy (non-hydrogen) atoms. The van der Waals surface area contributed by atoms with Crippen LogP contribution < -0.4 is 5.43 Å². The molecule has 0 spiro atoms. The average molecular weight is 403 g/mol. The van der Waals surface area contributed by atoms with Gasteiger partial charge >= 0.3 is 5.97 Å². The lowest BCUT2D eigenvalue weighted by atomic mass is 10.2. The van der Waals surface area contributed by atoms with Crippen molar-refractivity contribution in [2.24, 2.45) is 10.3 Å². The lowest BCUT2D eigenvalue weighted by Crippen LogP contribution is -2.04. The number of benzene rings is 2. The first-order valence-corrected chi connectivity index (χ1v) is 7.95. The molecular weight excluding hydrogens is 392 g/mol. The molecule has 130 valence electrons. The molecule has 2 aromatic carbocycles. The van der Waals surface area contributed by atoms with Gasteiger partial charge in [0.25, 0.3) is 0 Å². The lowest BCUT2D eigenvalue weighted by Gasteiger charge is -2.06. The molecule has 2 rings (SSSR count). The summed E-state index contributed by atoms with van der Waals surface area (Å²) in [5.41, 5.74) is 3.61. The van der Waals surface area contributed by atoms with Gasteiger partial charge in [-0.2, -0.15) is 5.10 Å². The van der Waals surface area contributed by atoms with Gasteiger partial charge in [0.05, 0.1) is 33.2 Å². The van der Waals surface area contributed by atoms with Gasteiger partial charge in [-0.1, -0.05) is 40.0 Å². The van der Waals surface area contributed by atoms with Crippen LogP contribution in [0.1, 0.15) is 17.3 Å². The first-order valence-electron chi connectivity index (χ1n) is 6.82. The largest absolute Gasteiger partial charge is 0.365 e. The third-order valence-corrected chi connectivity index (χ3v) is 3.62. The van der Waals surface area contributed by atoms with Gasteiger partial charge in [0.2, 0.25) is 0 Å². The molecule has 1 N–H and O–H groups in total. The van der Waals surface area contributed by atoms with Gasteiger partial charge in [-0.05, 0) is 43.3 Å². The maximum Gasteiger partial charge on any atom is 0.365 e. The fraction of sp³-hybridized carbons (Fsp3) is 0.0625. The second-order valence-corrected chi connectivity index (χ2v) is 5.98. The summed E-state index contributed by atoms with van der Waals surface area (Å²) >= 11 is 17.8. The standard InChI is InChI=1S/C16H11Cl3FN3O2/c1-9(22-23-15-13(18)6-11(17)7-14(15)19)8-21-25-16(24)10-2-4-12(20)5-3-10/h2-8,23H,1H3/b21-8+,22-9+. The van der Waals surface area contributed by atoms with E-state index in [0.29, 0.717) is 26.5 Å². The van der Waals surface area contributed by atoms with E-state index in [2.05, 4.69) is 20.5 Å². The number of carbonyl (C=O) groups is 1. The molecule has 0 saturated carbocycles. The van der Waals surface area contributed by atoms with E-state index in [1.807, 2.05) is 0 Å². The Morgan fingerprint density at radius 3 is 2.36 bits per heavy atom. The minimum Gasteiger partial charge on any atom is -0.313 e. The normalized spacial score (nSPS) is 11.6. The highest BCUT2D eigenvalue weighted by molar-refractivity contribution is 6.41. The van der Waals surface area contributed by atoms with Crippen LogP contribution >= 0.6 is 34.8 Å². The lowest BCUT2D eigenvalue weighted by molar-refractivity contribution is 0.0520. The Morgan fingerprint density at radius 1 is 1.16 bits per heavy atom. The second-order valence-electron chi connectivity index (χ2n) is 4.73. The Hall–Kier alpha value is -2.15. The Kier molecular flexibility index (Phi) is 6.75. The number of hydrazone groups is 1. The number of anilines is 1. The predicted molar refractivity (Wildman–Crippen MR) is 98.5 cm³/mol. The number of rotatable bonds is 5. The molecule has 0 unspecified atom stereocenters. The van der Waals surface area contributed by atoms with Gasteiger partial charge in [-0.25, -0.2) is 9.18 Å². The van der Waals surface area contributed by atoms with Crippen LogP contribution in [0.4, 0.5) is 10.1 Å². The first-order chi connectivity index (χ1) is 11.9. The van der Waals surface area contributed by atoms with Crippen LogP contribution in [-0.2, 0) is 4.84 Å². The molecule has 0 saturated heterocycles. The Morgan fingerprint density at radius 2 is 1.76 bits per heavy atom. The predicted octanol–water partition coefficient (Wildman–Crippen LogP) is 5.42. The van der Waals surface area contributed by atoms with Crippen molar-refractivity contribution in [3.05, 3.63) is 62.8 Å². The van der Waals surface area contributed by atoms with Crippen LogP contribution in [0, 0.1) is 5.82 Å². The summed E-state index contributed by atoms with van der Waals surface area (Å²) in [6.07, 6.45) is 1.21. The van der Waals surface area contributed by atoms with E-state index in [-0.39, 0.29) is 5.56 Å². The zero-order valence-electron chi connectivity index (χ0n) is 12.8. The fourth-order valence-electron chi connectivity index (χ4n) is 1.61. The fourth-order valence-corrected chi connectivity index (χ4v) is 2.51. The van der Waals surface area contributed by atoms with Gasteiger partial charge in [0.1, 0.15) is 5.82 Å². The third-order valence-electron chi connectivity index (χ3n) is 2.81. The van der Waals surface area contributed by atoms with Gasteiger partial charge in [0, 0.05) is 5.02 Å².